The lowest BCUT2D eigenvalue weighted by Crippen LogP contribution is -2.05. The van der Waals surface area contributed by atoms with Crippen LogP contribution in [0.3, 0.4) is 0 Å². The number of rotatable bonds is 4. The van der Waals surface area contributed by atoms with E-state index in [1.165, 1.54) is 12.1 Å². The molecule has 0 aliphatic heterocycles. The van der Waals surface area contributed by atoms with Crippen LogP contribution in [0.1, 0.15) is 66.8 Å². The van der Waals surface area contributed by atoms with Crippen LogP contribution in [0.25, 0.3) is 0 Å². The minimum absolute atomic E-state index is 0.0188. The molecule has 1 aliphatic rings. The molecule has 8 bridgehead atoms. The third kappa shape index (κ3) is 6.45. The molecule has 46 heavy (non-hydrogen) atoms. The van der Waals surface area contributed by atoms with Gasteiger partial charge in [0.1, 0.15) is 23.0 Å². The molecule has 6 rings (SSSR count). The van der Waals surface area contributed by atoms with Crippen molar-refractivity contribution in [1.82, 2.24) is 0 Å². The molecule has 5 N–H and O–H groups in total. The Balaban J connectivity index is 1.58. The minimum atomic E-state index is -4.65. The van der Waals surface area contributed by atoms with E-state index >= 15 is 0 Å². The van der Waals surface area contributed by atoms with Crippen molar-refractivity contribution in [2.45, 2.75) is 57.3 Å². The molecule has 7 nitrogen and oxygen atoms in total. The van der Waals surface area contributed by atoms with Crippen molar-refractivity contribution in [3.63, 3.8) is 0 Å². The van der Waals surface area contributed by atoms with Gasteiger partial charge in [0, 0.05) is 36.8 Å². The van der Waals surface area contributed by atoms with Crippen LogP contribution in [0.2, 0.25) is 0 Å². The average molecular weight is 637 g/mol. The van der Waals surface area contributed by atoms with Gasteiger partial charge in [0.15, 0.2) is 0 Å². The highest BCUT2D eigenvalue weighted by atomic mass is 32.2. The number of fused-ring (bicyclic) bond motifs is 8. The summed E-state index contributed by atoms with van der Waals surface area (Å²) >= 11 is 0. The predicted molar refractivity (Wildman–Crippen MR) is 177 cm³/mol. The summed E-state index contributed by atoms with van der Waals surface area (Å²) in [6, 6.07) is 23.6. The number of hydrogen-bond donors (Lipinski definition) is 5. The van der Waals surface area contributed by atoms with E-state index in [1.54, 1.807) is 6.07 Å². The van der Waals surface area contributed by atoms with Gasteiger partial charge in [-0.05, 0) is 83.3 Å². The molecule has 1 aliphatic carbocycles. The largest absolute Gasteiger partial charge is 0.507 e. The van der Waals surface area contributed by atoms with Crippen molar-refractivity contribution < 1.29 is 33.4 Å². The second kappa shape index (κ2) is 12.2. The summed E-state index contributed by atoms with van der Waals surface area (Å²) in [5, 5.41) is 46.0. The molecular weight excluding hydrogens is 600 g/mol. The van der Waals surface area contributed by atoms with Crippen LogP contribution in [0.15, 0.2) is 83.8 Å². The fourth-order valence-corrected chi connectivity index (χ4v) is 7.14. The topological polar surface area (TPSA) is 135 Å². The molecular formula is C38H36O7S. The molecule has 0 radical (unpaired) electrons. The zero-order valence-corrected chi connectivity index (χ0v) is 26.5. The highest BCUT2D eigenvalue weighted by Gasteiger charge is 2.23. The fourth-order valence-electron chi connectivity index (χ4n) is 6.55. The zero-order valence-electron chi connectivity index (χ0n) is 25.7. The Hall–Kier alpha value is -4.79. The van der Waals surface area contributed by atoms with Crippen LogP contribution in [0.4, 0.5) is 0 Å². The van der Waals surface area contributed by atoms with Crippen molar-refractivity contribution in [2.24, 2.45) is 0 Å². The van der Waals surface area contributed by atoms with Gasteiger partial charge in [-0.15, -0.1) is 0 Å². The molecule has 0 amide bonds. The van der Waals surface area contributed by atoms with Crippen molar-refractivity contribution in [3.05, 3.63) is 146 Å². The van der Waals surface area contributed by atoms with Crippen LogP contribution in [-0.4, -0.2) is 33.4 Å². The smallest absolute Gasteiger partial charge is 0.294 e. The van der Waals surface area contributed by atoms with Crippen molar-refractivity contribution in [2.75, 3.05) is 0 Å². The van der Waals surface area contributed by atoms with E-state index in [2.05, 4.69) is 0 Å². The van der Waals surface area contributed by atoms with Crippen molar-refractivity contribution in [1.29, 1.82) is 0 Å². The van der Waals surface area contributed by atoms with Crippen molar-refractivity contribution >= 4 is 10.1 Å². The Morgan fingerprint density at radius 2 is 0.826 bits per heavy atom. The molecule has 0 saturated carbocycles. The summed E-state index contributed by atoms with van der Waals surface area (Å²) in [4.78, 5) is -0.390. The first-order valence-corrected chi connectivity index (χ1v) is 16.6. The maximum absolute atomic E-state index is 12.4. The number of phenols is 4. The molecule has 236 valence electrons. The Morgan fingerprint density at radius 1 is 0.500 bits per heavy atom. The number of benzene rings is 5. The van der Waals surface area contributed by atoms with Gasteiger partial charge in [-0.2, -0.15) is 8.42 Å². The summed E-state index contributed by atoms with van der Waals surface area (Å²) < 4.78 is 34.8. The first-order valence-electron chi connectivity index (χ1n) is 15.2. The van der Waals surface area contributed by atoms with Gasteiger partial charge >= 0.3 is 0 Å². The van der Waals surface area contributed by atoms with Gasteiger partial charge in [0.25, 0.3) is 10.1 Å². The van der Waals surface area contributed by atoms with Gasteiger partial charge in [-0.1, -0.05) is 77.9 Å². The highest BCUT2D eigenvalue weighted by molar-refractivity contribution is 7.85. The first-order chi connectivity index (χ1) is 21.9. The normalized spacial score (nSPS) is 13.0. The van der Waals surface area contributed by atoms with Crippen molar-refractivity contribution in [3.8, 4) is 23.0 Å². The molecule has 8 heteroatoms. The van der Waals surface area contributed by atoms with Gasteiger partial charge < -0.3 is 20.4 Å². The molecule has 0 aromatic heterocycles. The van der Waals surface area contributed by atoms with E-state index in [9.17, 15) is 33.4 Å². The summed E-state index contributed by atoms with van der Waals surface area (Å²) in [6.45, 7) is 3.81. The van der Waals surface area contributed by atoms with Crippen LogP contribution in [-0.2, 0) is 48.6 Å². The van der Waals surface area contributed by atoms with E-state index in [0.29, 0.717) is 39.8 Å². The highest BCUT2D eigenvalue weighted by Crippen LogP contribution is 2.39. The van der Waals surface area contributed by atoms with Gasteiger partial charge in [-0.25, -0.2) is 0 Å². The molecule has 0 heterocycles. The Bertz CT molecular complexity index is 2080. The Labute approximate surface area is 268 Å². The Kier molecular flexibility index (Phi) is 8.27. The molecule has 0 atom stereocenters. The summed E-state index contributed by atoms with van der Waals surface area (Å²) in [6.07, 6.45) is 1.78. The quantitative estimate of drug-likeness (QED) is 0.134. The average Bonchev–Trinajstić information content (AvgIpc) is 3.00. The molecule has 5 aromatic rings. The minimum Gasteiger partial charge on any atom is -0.507 e. The molecule has 0 spiro atoms. The first kappa shape index (κ1) is 31.2. The maximum Gasteiger partial charge on any atom is 0.294 e. The van der Waals surface area contributed by atoms with E-state index in [-0.39, 0.29) is 64.7 Å². The Morgan fingerprint density at radius 3 is 1.20 bits per heavy atom. The number of aromatic hydroxyl groups is 4. The number of hydrogen-bond acceptors (Lipinski definition) is 6. The number of phenolic OH excluding ortho intramolecular Hbond substituents is 4. The van der Waals surface area contributed by atoms with Gasteiger partial charge in [0.2, 0.25) is 0 Å². The second-order valence-corrected chi connectivity index (χ2v) is 13.8. The van der Waals surface area contributed by atoms with Crippen LogP contribution >= 0.6 is 0 Å². The lowest BCUT2D eigenvalue weighted by molar-refractivity contribution is 0.450. The zero-order chi connectivity index (χ0) is 32.7. The summed E-state index contributed by atoms with van der Waals surface area (Å²) in [5.41, 5.74) is 7.54. The standard InChI is InChI=1S/C38H36O7S/c1-22-10-26-16-27-11-23(2)13-29(36(27)40)18-32-20-34(46(43,44)45)21-33(38(32)42)19-31-15-25(9-8-24-6-4-3-5-7-24)14-30(37(31)41)17-28(12-22)35(26)39/h3-7,10-15,20-21,39-42H,8-9,16-19H2,1-2H3,(H,43,44,45). The summed E-state index contributed by atoms with van der Waals surface area (Å²) in [7, 11) is -4.65. The number of aryl methyl sites for hydroxylation is 4. The lowest BCUT2D eigenvalue weighted by Gasteiger charge is -2.19. The van der Waals surface area contributed by atoms with Crippen LogP contribution in [0, 0.1) is 13.8 Å². The predicted octanol–water partition coefficient (Wildman–Crippen LogP) is 6.83. The molecule has 0 fully saturated rings. The second-order valence-electron chi connectivity index (χ2n) is 12.4. The molecule has 0 saturated heterocycles. The van der Waals surface area contributed by atoms with E-state index in [4.69, 9.17) is 0 Å². The third-order valence-electron chi connectivity index (χ3n) is 8.76. The van der Waals surface area contributed by atoms with Gasteiger partial charge in [-0.3, -0.25) is 4.55 Å². The monoisotopic (exact) mass is 636 g/mol. The van der Waals surface area contributed by atoms with Gasteiger partial charge in [0.05, 0.1) is 4.90 Å². The molecule has 5 aromatic carbocycles. The van der Waals surface area contributed by atoms with Crippen LogP contribution in [0.5, 0.6) is 23.0 Å². The fraction of sp³-hybridized carbons (Fsp3) is 0.211. The van der Waals surface area contributed by atoms with E-state index in [1.807, 2.05) is 74.5 Å². The van der Waals surface area contributed by atoms with E-state index in [0.717, 1.165) is 28.7 Å². The summed E-state index contributed by atoms with van der Waals surface area (Å²) in [5.74, 6) is -0.133. The third-order valence-corrected chi connectivity index (χ3v) is 9.59. The molecule has 0 unspecified atom stereocenters. The SMILES string of the molecule is Cc1cc2c(O)c(c1)Cc1cc(CCc3ccccc3)cc(c1O)Cc1cc(S(=O)(=O)O)cc(c1O)Cc1cc(C)cc(c1O)C2. The van der Waals surface area contributed by atoms with Crippen LogP contribution < -0.4 is 0 Å². The lowest BCUT2D eigenvalue weighted by atomic mass is 9.89. The van der Waals surface area contributed by atoms with E-state index < -0.39 is 10.1 Å². The maximum atomic E-state index is 12.4.